The van der Waals surface area contributed by atoms with E-state index in [0.717, 1.165) is 0 Å². The van der Waals surface area contributed by atoms with Crippen molar-refractivity contribution in [2.75, 3.05) is 17.6 Å². The minimum absolute atomic E-state index is 0.0286. The molecule has 14 heteroatoms. The number of anilines is 1. The Labute approximate surface area is 172 Å². The third kappa shape index (κ3) is 4.66. The molecule has 30 heavy (non-hydrogen) atoms. The van der Waals surface area contributed by atoms with Crippen molar-refractivity contribution in [3.8, 4) is 5.75 Å². The monoisotopic (exact) mass is 465 g/mol. The number of rotatable bonds is 7. The number of phosphoric acid groups is 1. The molecule has 166 valence electrons. The number of hydrogen-bond donors (Lipinski definition) is 4. The van der Waals surface area contributed by atoms with Gasteiger partial charge < -0.3 is 19.8 Å². The molecule has 0 aliphatic carbocycles. The Bertz CT molecular complexity index is 1040. The molecule has 1 saturated heterocycles. The Morgan fingerprint density at radius 1 is 1.37 bits per heavy atom. The number of nitrogens with zero attached hydrogens (tertiary/aromatic N) is 1. The second kappa shape index (κ2) is 8.25. The molecule has 1 fully saturated rings. The summed E-state index contributed by atoms with van der Waals surface area (Å²) in [7, 11) is -9.24. The average Bonchev–Trinajstić information content (AvgIpc) is 3.12. The largest absolute Gasteiger partial charge is 0.472 e. The minimum Gasteiger partial charge on any atom is -0.465 e. The van der Waals surface area contributed by atoms with Crippen LogP contribution < -0.4 is 19.1 Å². The van der Waals surface area contributed by atoms with Crippen molar-refractivity contribution in [1.82, 2.24) is 10.0 Å². The molecular weight excluding hydrogens is 444 g/mol. The highest BCUT2D eigenvalue weighted by molar-refractivity contribution is 7.92. The van der Waals surface area contributed by atoms with Crippen LogP contribution in [-0.4, -0.2) is 49.5 Å². The van der Waals surface area contributed by atoms with Gasteiger partial charge in [0.05, 0.1) is 0 Å². The van der Waals surface area contributed by atoms with Gasteiger partial charge in [-0.25, -0.2) is 22.5 Å². The van der Waals surface area contributed by atoms with Crippen LogP contribution in [0.3, 0.4) is 0 Å². The predicted octanol–water partition coefficient (Wildman–Crippen LogP) is 0.606. The zero-order valence-corrected chi connectivity index (χ0v) is 17.7. The second-order valence-electron chi connectivity index (χ2n) is 6.73. The normalized spacial score (nSPS) is 23.4. The molecule has 2 aliphatic rings. The van der Waals surface area contributed by atoms with E-state index in [2.05, 4.69) is 9.84 Å². The highest BCUT2D eigenvalue weighted by atomic mass is 32.2. The molecule has 2 heterocycles. The summed E-state index contributed by atoms with van der Waals surface area (Å²) in [5.74, 6) is -2.18. The predicted molar refractivity (Wildman–Crippen MR) is 104 cm³/mol. The topological polar surface area (TPSA) is 154 Å². The van der Waals surface area contributed by atoms with E-state index in [1.807, 2.05) is 19.9 Å². The van der Waals surface area contributed by atoms with E-state index < -0.39 is 48.8 Å². The van der Waals surface area contributed by atoms with Crippen LogP contribution in [0.4, 0.5) is 10.1 Å². The molecule has 0 saturated carbocycles. The lowest BCUT2D eigenvalue weighted by molar-refractivity contribution is -0.117. The summed E-state index contributed by atoms with van der Waals surface area (Å²) in [5, 5.41) is 3.26. The van der Waals surface area contributed by atoms with E-state index in [0.29, 0.717) is 16.3 Å². The molecule has 1 amide bonds. The first-order valence-corrected chi connectivity index (χ1v) is 11.9. The summed E-state index contributed by atoms with van der Waals surface area (Å²) in [6.07, 6.45) is 2.47. The van der Waals surface area contributed by atoms with Crippen molar-refractivity contribution in [2.24, 2.45) is 0 Å². The van der Waals surface area contributed by atoms with Crippen LogP contribution in [0, 0.1) is 5.82 Å². The summed E-state index contributed by atoms with van der Waals surface area (Å²) >= 11 is 0. The average molecular weight is 465 g/mol. The van der Waals surface area contributed by atoms with E-state index >= 15 is 4.39 Å². The molecule has 1 aromatic carbocycles. The summed E-state index contributed by atoms with van der Waals surface area (Å²) in [6, 6.07) is 2.44. The van der Waals surface area contributed by atoms with Crippen LogP contribution in [0.25, 0.3) is 5.57 Å². The highest BCUT2D eigenvalue weighted by Gasteiger charge is 2.39. The number of carbonyl (C=O) groups excluding carboxylic acids is 1. The van der Waals surface area contributed by atoms with E-state index in [-0.39, 0.29) is 23.4 Å². The lowest BCUT2D eigenvalue weighted by Crippen LogP contribution is -2.31. The molecule has 11 nitrogen and oxygen atoms in total. The second-order valence-corrected chi connectivity index (χ2v) is 9.57. The van der Waals surface area contributed by atoms with E-state index in [1.165, 1.54) is 12.1 Å². The first-order valence-electron chi connectivity index (χ1n) is 8.89. The Balaban J connectivity index is 2.08. The van der Waals surface area contributed by atoms with Gasteiger partial charge in [0.1, 0.15) is 18.0 Å². The minimum atomic E-state index is -4.87. The van der Waals surface area contributed by atoms with Gasteiger partial charge in [-0.3, -0.25) is 4.79 Å². The number of halogens is 1. The zero-order valence-electron chi connectivity index (χ0n) is 16.0. The molecule has 0 spiro atoms. The molecule has 3 rings (SSSR count). The van der Waals surface area contributed by atoms with Gasteiger partial charge in [0.15, 0.2) is 12.6 Å². The third-order valence-electron chi connectivity index (χ3n) is 4.57. The van der Waals surface area contributed by atoms with Gasteiger partial charge in [-0.15, -0.1) is 0 Å². The summed E-state index contributed by atoms with van der Waals surface area (Å²) in [5.41, 5.74) is 0.180. The van der Waals surface area contributed by atoms with E-state index in [4.69, 9.17) is 14.5 Å². The number of hydrogen-bond acceptors (Lipinski definition) is 7. The van der Waals surface area contributed by atoms with Gasteiger partial charge in [0.25, 0.3) is 5.91 Å². The maximum atomic E-state index is 15.6. The molecule has 4 N–H and O–H groups in total. The molecule has 0 bridgehead atoms. The fourth-order valence-corrected chi connectivity index (χ4v) is 4.73. The Kier molecular flexibility index (Phi) is 6.23. The van der Waals surface area contributed by atoms with Crippen LogP contribution in [-0.2, 0) is 24.1 Å². The molecule has 1 aromatic rings. The fraction of sp³-hybridized carbons (Fsp3) is 0.438. The van der Waals surface area contributed by atoms with Gasteiger partial charge in [0.2, 0.25) is 0 Å². The van der Waals surface area contributed by atoms with Crippen molar-refractivity contribution in [3.63, 3.8) is 0 Å². The first kappa shape index (κ1) is 22.7. The standard InChI is InChI=1S/C16H21FN3O8PS/c1-3-12-11(6-9(2)18-12)10-4-5-13(27-8-28-29(22,23)24)16(15(10)17)20-7-14(21)19-30(20,25)26/h4-6,9,12,18H,3,7-8H2,1-2H3,(H,19,21)(H2,22,23,24). The highest BCUT2D eigenvalue weighted by Crippen LogP contribution is 2.41. The lowest BCUT2D eigenvalue weighted by atomic mass is 9.97. The maximum Gasteiger partial charge on any atom is 0.472 e. The SMILES string of the molecule is CCC1NC(C)C=C1c1ccc(OCOP(=O)(O)O)c(N2CC(=O)NS2(=O)=O)c1F. The molecular formula is C16H21FN3O8PS. The Morgan fingerprint density at radius 3 is 2.63 bits per heavy atom. The quantitative estimate of drug-likeness (QED) is 0.335. The van der Waals surface area contributed by atoms with Gasteiger partial charge in [0, 0.05) is 17.6 Å². The van der Waals surface area contributed by atoms with Crippen LogP contribution in [0.15, 0.2) is 18.2 Å². The number of amides is 1. The van der Waals surface area contributed by atoms with Crippen molar-refractivity contribution >= 4 is 35.2 Å². The molecule has 2 aliphatic heterocycles. The molecule has 0 aromatic heterocycles. The summed E-state index contributed by atoms with van der Waals surface area (Å²) in [4.78, 5) is 29.2. The first-order chi connectivity index (χ1) is 13.9. The molecule has 2 atom stereocenters. The Hall–Kier alpha value is -2.02. The van der Waals surface area contributed by atoms with E-state index in [1.54, 1.807) is 4.72 Å². The maximum absolute atomic E-state index is 15.6. The number of ether oxygens (including phenoxy) is 1. The zero-order chi connectivity index (χ0) is 22.3. The van der Waals surface area contributed by atoms with Crippen molar-refractivity contribution < 1.29 is 41.2 Å². The van der Waals surface area contributed by atoms with Crippen molar-refractivity contribution in [2.45, 2.75) is 32.4 Å². The smallest absolute Gasteiger partial charge is 0.465 e. The number of benzene rings is 1. The van der Waals surface area contributed by atoms with Crippen LogP contribution >= 0.6 is 7.82 Å². The van der Waals surface area contributed by atoms with Crippen LogP contribution in [0.2, 0.25) is 0 Å². The Morgan fingerprint density at radius 2 is 2.07 bits per heavy atom. The van der Waals surface area contributed by atoms with Gasteiger partial charge in [-0.2, -0.15) is 8.42 Å². The van der Waals surface area contributed by atoms with Crippen LogP contribution in [0.1, 0.15) is 25.8 Å². The van der Waals surface area contributed by atoms with Crippen molar-refractivity contribution in [3.05, 3.63) is 29.6 Å². The number of carbonyl (C=O) groups is 1. The number of phosphoric ester groups is 1. The summed E-state index contributed by atoms with van der Waals surface area (Å²) in [6.45, 7) is 2.15. The lowest BCUT2D eigenvalue weighted by Gasteiger charge is -2.22. The van der Waals surface area contributed by atoms with Gasteiger partial charge in [-0.05, 0) is 31.1 Å². The van der Waals surface area contributed by atoms with Crippen LogP contribution in [0.5, 0.6) is 5.75 Å². The van der Waals surface area contributed by atoms with Gasteiger partial charge in [-0.1, -0.05) is 13.0 Å². The number of nitrogens with one attached hydrogen (secondary N) is 2. The fourth-order valence-electron chi connectivity index (χ4n) is 3.38. The molecule has 2 unspecified atom stereocenters. The summed E-state index contributed by atoms with van der Waals surface area (Å²) < 4.78 is 62.6. The van der Waals surface area contributed by atoms with Gasteiger partial charge >= 0.3 is 18.0 Å². The van der Waals surface area contributed by atoms with E-state index in [9.17, 15) is 17.8 Å². The van der Waals surface area contributed by atoms with Crippen molar-refractivity contribution in [1.29, 1.82) is 0 Å². The third-order valence-corrected chi connectivity index (χ3v) is 6.39. The molecule has 0 radical (unpaired) electrons.